The van der Waals surface area contributed by atoms with Gasteiger partial charge < -0.3 is 15.0 Å². The molecule has 3 aromatic carbocycles. The summed E-state index contributed by atoms with van der Waals surface area (Å²) in [7, 11) is 1.63. The van der Waals surface area contributed by atoms with Crippen LogP contribution in [-0.2, 0) is 6.54 Å². The van der Waals surface area contributed by atoms with Gasteiger partial charge in [-0.3, -0.25) is 4.79 Å². The van der Waals surface area contributed by atoms with Crippen LogP contribution in [0.25, 0.3) is 21.8 Å². The summed E-state index contributed by atoms with van der Waals surface area (Å²) in [6.45, 7) is 0.685. The summed E-state index contributed by atoms with van der Waals surface area (Å²) in [5.74, 6) is 0.291. The Kier molecular flexibility index (Phi) is 3.65. The Morgan fingerprint density at radius 2 is 1.92 bits per heavy atom. The van der Waals surface area contributed by atoms with Crippen molar-refractivity contribution in [3.05, 3.63) is 77.9 Å². The molecule has 0 fully saturated rings. The van der Waals surface area contributed by atoms with Gasteiger partial charge in [-0.25, -0.2) is 0 Å². The van der Waals surface area contributed by atoms with Crippen molar-refractivity contribution in [2.45, 2.75) is 6.54 Å². The topological polar surface area (TPSA) is 57.2 Å². The molecule has 4 heteroatoms. The fraction of sp³-hybridized carbons (Fsp3) is 0.0952. The number of primary amides is 1. The number of nitrogens with zero attached hydrogens (tertiary/aromatic N) is 1. The van der Waals surface area contributed by atoms with Gasteiger partial charge in [-0.15, -0.1) is 0 Å². The van der Waals surface area contributed by atoms with Gasteiger partial charge in [0.25, 0.3) is 0 Å². The van der Waals surface area contributed by atoms with E-state index in [0.717, 1.165) is 27.6 Å². The molecule has 1 radical (unpaired) electrons. The number of hydrogen-bond acceptors (Lipinski definition) is 2. The van der Waals surface area contributed by atoms with Gasteiger partial charge in [-0.05, 0) is 29.8 Å². The van der Waals surface area contributed by atoms with Crippen molar-refractivity contribution in [3.8, 4) is 5.75 Å². The van der Waals surface area contributed by atoms with E-state index < -0.39 is 5.91 Å². The highest BCUT2D eigenvalue weighted by molar-refractivity contribution is 6.17. The van der Waals surface area contributed by atoms with E-state index in [9.17, 15) is 4.79 Å². The minimum atomic E-state index is -0.437. The highest BCUT2D eigenvalue weighted by atomic mass is 16.5. The summed E-state index contributed by atoms with van der Waals surface area (Å²) in [6.07, 6.45) is 0. The van der Waals surface area contributed by atoms with E-state index in [0.29, 0.717) is 12.1 Å². The second-order valence-corrected chi connectivity index (χ2v) is 5.94. The smallest absolute Gasteiger partial charge is 0.249 e. The number of ether oxygens (including phenoxy) is 1. The fourth-order valence-electron chi connectivity index (χ4n) is 3.30. The lowest BCUT2D eigenvalue weighted by atomic mass is 10.1. The number of aromatic nitrogens is 1. The normalized spacial score (nSPS) is 11.1. The minimum absolute atomic E-state index is 0.437. The largest absolute Gasteiger partial charge is 0.497 e. The number of carbonyl (C=O) groups is 1. The molecule has 0 saturated heterocycles. The van der Waals surface area contributed by atoms with E-state index in [1.165, 1.54) is 5.56 Å². The highest BCUT2D eigenvalue weighted by Crippen LogP contribution is 2.34. The van der Waals surface area contributed by atoms with Crippen LogP contribution in [0.5, 0.6) is 5.75 Å². The van der Waals surface area contributed by atoms with Gasteiger partial charge in [-0.1, -0.05) is 36.4 Å². The second kappa shape index (κ2) is 5.98. The molecule has 0 saturated carbocycles. The molecule has 2 N–H and O–H groups in total. The van der Waals surface area contributed by atoms with Crippen LogP contribution in [0.1, 0.15) is 15.9 Å². The summed E-state index contributed by atoms with van der Waals surface area (Å²) >= 11 is 0. The third-order valence-corrected chi connectivity index (χ3v) is 4.45. The zero-order chi connectivity index (χ0) is 17.4. The molecule has 4 nitrogen and oxygen atoms in total. The molecule has 123 valence electrons. The molecule has 0 spiro atoms. The maximum Gasteiger partial charge on any atom is 0.249 e. The maximum atomic E-state index is 11.9. The lowest BCUT2D eigenvalue weighted by Crippen LogP contribution is -2.11. The molecule has 0 aliphatic heterocycles. The standard InChI is InChI=1S/C21H17N2O2/c1-25-15-10-11-16-19(12-15)23(13-14-6-3-2-4-7-14)18-9-5-8-17(20(16)18)21(22)24/h2-10,12H,13H2,1H3,(H2,22,24). The van der Waals surface area contributed by atoms with Gasteiger partial charge in [0.1, 0.15) is 5.75 Å². The van der Waals surface area contributed by atoms with Crippen molar-refractivity contribution in [2.75, 3.05) is 7.11 Å². The van der Waals surface area contributed by atoms with E-state index >= 15 is 0 Å². The highest BCUT2D eigenvalue weighted by Gasteiger charge is 2.17. The first-order chi connectivity index (χ1) is 12.2. The Morgan fingerprint density at radius 1 is 1.12 bits per heavy atom. The zero-order valence-electron chi connectivity index (χ0n) is 13.8. The molecule has 1 heterocycles. The van der Waals surface area contributed by atoms with Crippen molar-refractivity contribution in [1.82, 2.24) is 4.57 Å². The lowest BCUT2D eigenvalue weighted by Gasteiger charge is -2.08. The first-order valence-electron chi connectivity index (χ1n) is 8.03. The molecule has 0 atom stereocenters. The molecule has 0 aliphatic rings. The van der Waals surface area contributed by atoms with E-state index in [1.807, 2.05) is 36.4 Å². The molecule has 1 aromatic heterocycles. The van der Waals surface area contributed by atoms with Crippen LogP contribution < -0.4 is 10.5 Å². The fourth-order valence-corrected chi connectivity index (χ4v) is 3.30. The summed E-state index contributed by atoms with van der Waals surface area (Å²) < 4.78 is 7.54. The average Bonchev–Trinajstić information content (AvgIpc) is 2.95. The van der Waals surface area contributed by atoms with E-state index in [-0.39, 0.29) is 0 Å². The molecular formula is C21H17N2O2. The van der Waals surface area contributed by atoms with Crippen LogP contribution in [-0.4, -0.2) is 17.6 Å². The molecular weight excluding hydrogens is 312 g/mol. The van der Waals surface area contributed by atoms with Gasteiger partial charge in [0.15, 0.2) is 0 Å². The molecule has 25 heavy (non-hydrogen) atoms. The van der Waals surface area contributed by atoms with E-state index in [1.54, 1.807) is 19.2 Å². The van der Waals surface area contributed by atoms with Crippen molar-refractivity contribution >= 4 is 27.7 Å². The van der Waals surface area contributed by atoms with Crippen molar-refractivity contribution in [1.29, 1.82) is 0 Å². The van der Waals surface area contributed by atoms with Gasteiger partial charge in [0.2, 0.25) is 5.91 Å². The molecule has 0 aliphatic carbocycles. The molecule has 0 unspecified atom stereocenters. The third kappa shape index (κ3) is 2.52. The number of carbonyl (C=O) groups excluding carboxylic acids is 1. The van der Waals surface area contributed by atoms with Gasteiger partial charge >= 0.3 is 0 Å². The number of hydrogen-bond donors (Lipinski definition) is 1. The lowest BCUT2D eigenvalue weighted by molar-refractivity contribution is 0.100. The minimum Gasteiger partial charge on any atom is -0.497 e. The zero-order valence-corrected chi connectivity index (χ0v) is 13.8. The quantitative estimate of drug-likeness (QED) is 0.620. The predicted molar refractivity (Wildman–Crippen MR) is 98.9 cm³/mol. The van der Waals surface area contributed by atoms with Gasteiger partial charge in [0, 0.05) is 28.9 Å². The Labute approximate surface area is 145 Å². The summed E-state index contributed by atoms with van der Waals surface area (Å²) in [6, 6.07) is 22.8. The van der Waals surface area contributed by atoms with Crippen LogP contribution in [0.4, 0.5) is 0 Å². The monoisotopic (exact) mass is 329 g/mol. The molecule has 0 bridgehead atoms. The van der Waals surface area contributed by atoms with Crippen molar-refractivity contribution in [2.24, 2.45) is 5.73 Å². The Hall–Kier alpha value is -3.27. The van der Waals surface area contributed by atoms with E-state index in [2.05, 4.69) is 22.8 Å². The SMILES string of the molecule is COc1c[c]c2c3c(C(N)=O)cccc3n(Cc3ccccc3)c2c1. The van der Waals surface area contributed by atoms with Crippen molar-refractivity contribution < 1.29 is 9.53 Å². The number of benzene rings is 3. The number of rotatable bonds is 4. The number of amides is 1. The molecule has 4 rings (SSSR count). The van der Waals surface area contributed by atoms with Crippen LogP contribution in [0, 0.1) is 6.07 Å². The van der Waals surface area contributed by atoms with Crippen LogP contribution in [0.15, 0.2) is 60.7 Å². The second-order valence-electron chi connectivity index (χ2n) is 5.94. The average molecular weight is 329 g/mol. The molecule has 1 amide bonds. The summed E-state index contributed by atoms with van der Waals surface area (Å²) in [5, 5.41) is 1.71. The van der Waals surface area contributed by atoms with Gasteiger partial charge in [0.05, 0.1) is 18.1 Å². The Morgan fingerprint density at radius 3 is 2.64 bits per heavy atom. The van der Waals surface area contributed by atoms with Crippen LogP contribution in [0.2, 0.25) is 0 Å². The van der Waals surface area contributed by atoms with E-state index in [4.69, 9.17) is 10.5 Å². The number of nitrogens with two attached hydrogens (primary N) is 1. The summed E-state index contributed by atoms with van der Waals surface area (Å²) in [4.78, 5) is 11.9. The number of fused-ring (bicyclic) bond motifs is 3. The van der Waals surface area contributed by atoms with Gasteiger partial charge in [-0.2, -0.15) is 0 Å². The van der Waals surface area contributed by atoms with Crippen molar-refractivity contribution in [3.63, 3.8) is 0 Å². The van der Waals surface area contributed by atoms with Crippen LogP contribution >= 0.6 is 0 Å². The first-order valence-corrected chi connectivity index (χ1v) is 8.03. The van der Waals surface area contributed by atoms with Crippen LogP contribution in [0.3, 0.4) is 0 Å². The maximum absolute atomic E-state index is 11.9. The summed E-state index contributed by atoms with van der Waals surface area (Å²) in [5.41, 5.74) is 9.21. The first kappa shape index (κ1) is 15.3. The molecule has 4 aromatic rings. The third-order valence-electron chi connectivity index (χ3n) is 4.45. The Balaban J connectivity index is 2.07. The number of methoxy groups -OCH3 is 1. The predicted octanol–water partition coefficient (Wildman–Crippen LogP) is 3.75. The Bertz CT molecular complexity index is 1080.